The molecule has 0 saturated heterocycles. The van der Waals surface area contributed by atoms with Crippen molar-refractivity contribution in [3.05, 3.63) is 507 Å². The maximum Gasteiger partial charge on any atom is 0.313 e. The summed E-state index contributed by atoms with van der Waals surface area (Å²) in [6.45, 7) is 3.94. The van der Waals surface area contributed by atoms with Crippen LogP contribution in [0.1, 0.15) is 50.2 Å². The number of nitriles is 2. The Morgan fingerprint density at radius 3 is 1.08 bits per heavy atom. The summed E-state index contributed by atoms with van der Waals surface area (Å²) in [7, 11) is 2.97. The van der Waals surface area contributed by atoms with Gasteiger partial charge in [-0.05, 0) is 162 Å². The number of rotatable bonds is 24. The second kappa shape index (κ2) is 52.0. The number of methoxy groups -OCH3 is 2. The third-order valence-electron chi connectivity index (χ3n) is 20.1. The highest BCUT2D eigenvalue weighted by molar-refractivity contribution is 9.10. The predicted octanol–water partition coefficient (Wildman–Crippen LogP) is 24.4. The van der Waals surface area contributed by atoms with Crippen LogP contribution < -0.4 is 42.8 Å². The first-order valence-electron chi connectivity index (χ1n) is 42.5. The van der Waals surface area contributed by atoms with Gasteiger partial charge in [0.15, 0.2) is 22.3 Å². The molecule has 139 heavy (non-hydrogen) atoms. The zero-order valence-corrected chi connectivity index (χ0v) is 84.2. The van der Waals surface area contributed by atoms with Crippen molar-refractivity contribution in [2.45, 2.75) is 67.1 Å². The van der Waals surface area contributed by atoms with Crippen molar-refractivity contribution in [3.63, 3.8) is 0 Å². The molecule has 0 amide bonds. The zero-order chi connectivity index (χ0) is 97.9. The molecule has 18 rings (SSSR count). The van der Waals surface area contributed by atoms with Crippen molar-refractivity contribution in [1.29, 1.82) is 10.5 Å². The Morgan fingerprint density at radius 1 is 0.324 bits per heavy atom. The summed E-state index contributed by atoms with van der Waals surface area (Å²) in [6, 6.07) is 114. The van der Waals surface area contributed by atoms with Crippen molar-refractivity contribution < 1.29 is 9.47 Å². The molecule has 12 aromatic carbocycles. The van der Waals surface area contributed by atoms with Gasteiger partial charge >= 0.3 is 5.56 Å². The van der Waals surface area contributed by atoms with Gasteiger partial charge in [-0.2, -0.15) is 69.2 Å². The van der Waals surface area contributed by atoms with E-state index in [0.717, 1.165) is 84.9 Å². The lowest BCUT2D eigenvalue weighted by atomic mass is 10.00. The monoisotopic (exact) mass is 2110 g/mol. The Balaban J connectivity index is 0.000000143. The van der Waals surface area contributed by atoms with E-state index < -0.39 is 5.56 Å². The number of benzene rings is 12. The molecule has 32 heteroatoms. The van der Waals surface area contributed by atoms with Crippen LogP contribution in [0.15, 0.2) is 433 Å². The Labute approximate surface area is 853 Å². The minimum absolute atomic E-state index is 0.0397. The van der Waals surface area contributed by atoms with Gasteiger partial charge in [-0.15, -0.1) is 58.8 Å². The highest BCUT2D eigenvalue weighted by Crippen LogP contribution is 2.36. The Kier molecular flexibility index (Phi) is 38.4. The summed E-state index contributed by atoms with van der Waals surface area (Å²) in [5.74, 6) is 4.37. The summed E-state index contributed by atoms with van der Waals surface area (Å²) >= 11 is 32.1. The van der Waals surface area contributed by atoms with Crippen LogP contribution in [0.5, 0.6) is 11.5 Å². The van der Waals surface area contributed by atoms with Gasteiger partial charge in [0.05, 0.1) is 76.7 Å². The fourth-order valence-electron chi connectivity index (χ4n) is 13.0. The van der Waals surface area contributed by atoms with E-state index in [1.54, 1.807) is 115 Å². The molecule has 6 aromatic heterocycles. The molecule has 0 bridgehead atoms. The molecule has 0 fully saturated rings. The first-order chi connectivity index (χ1) is 67.6. The molecule has 22 nitrogen and oxygen atoms in total. The highest BCUT2D eigenvalue weighted by Gasteiger charge is 2.23. The van der Waals surface area contributed by atoms with Gasteiger partial charge in [-0.25, -0.2) is 0 Å². The van der Waals surface area contributed by atoms with E-state index in [1.807, 2.05) is 269 Å². The van der Waals surface area contributed by atoms with Crippen LogP contribution in [0, 0.1) is 36.5 Å². The second-order valence-corrected chi connectivity index (χ2v) is 37.8. The largest absolute Gasteiger partial charge is 0.494 e. The molecule has 18 aromatic rings. The zero-order valence-electron chi connectivity index (χ0n) is 74.7. The maximum atomic E-state index is 13.4. The van der Waals surface area contributed by atoms with Gasteiger partial charge in [0, 0.05) is 70.2 Å². The Morgan fingerprint density at radius 2 is 0.662 bits per heavy atom. The summed E-state index contributed by atoms with van der Waals surface area (Å²) in [5, 5.41) is 45.3. The van der Waals surface area contributed by atoms with E-state index in [-0.39, 0.29) is 60.7 Å². The van der Waals surface area contributed by atoms with Crippen molar-refractivity contribution in [3.8, 4) is 68.9 Å². The molecule has 0 atom stereocenters. The van der Waals surface area contributed by atoms with Crippen LogP contribution >= 0.6 is 125 Å². The Hall–Kier alpha value is -13.9. The molecule has 0 saturated carbocycles. The lowest BCUT2D eigenvalue weighted by Gasteiger charge is -2.12. The quantitative estimate of drug-likeness (QED) is 0.0508. The van der Waals surface area contributed by atoms with Crippen LogP contribution in [0.25, 0.3) is 45.3 Å². The smallest absolute Gasteiger partial charge is 0.313 e. The summed E-state index contributed by atoms with van der Waals surface area (Å²) < 4.78 is 20.1. The number of aryl methyl sites for hydroxylation is 2. The van der Waals surface area contributed by atoms with Crippen molar-refractivity contribution in [2.75, 3.05) is 14.2 Å². The van der Waals surface area contributed by atoms with Crippen LogP contribution in [-0.2, 0) is 28.8 Å². The van der Waals surface area contributed by atoms with E-state index in [4.69, 9.17) is 44.3 Å². The lowest BCUT2D eigenvalue weighted by molar-refractivity contribution is 0.397. The molecule has 0 N–H and O–H groups in total. The highest BCUT2D eigenvalue weighted by atomic mass is 79.9. The number of para-hydroxylation sites is 2. The van der Waals surface area contributed by atoms with E-state index >= 15 is 0 Å². The van der Waals surface area contributed by atoms with Gasteiger partial charge in [-0.3, -0.25) is 28.8 Å². The standard InChI is InChI=1S/C24H19BrN2OS2.C24H19ClN2OS2.C19H12N4O.C19H18N2O2S.C11H9ClN2O2.C10H6BrClN2O/c25-20-11-13-21(14-12-20)27-24(28)23(30-17-19-9-5-2-6-10-19)22(15-26-27)29-16-18-7-3-1-4-8-18;25-20-13-11-19(12-14-20)17-30-23-22(29-16-18-7-3-1-4-8-18)15-26-27(24(23)28)21-9-5-2-6-10-21;1-13-7-9-15(10-8-13)23-19(24)16(11-20)18(17(12-21)22-23)14-5-3-2-4-6-14;1-14-8-10-16(11-9-14)21-19(22)18(17(23-2)12-20-21)24-13-15-6-4-3-5-7-15;1-16-9-7-10(12)13-14(11(9)15)8-5-3-2-4-6-8;11-7-1-3-8(4-2-7)14-10(15)6-5-9(12)13-14/h2*1-15H,16-17H2;2-10H,1H3;3-12H,13H2,1-2H3;2-7H,1H3;1-6H. The van der Waals surface area contributed by atoms with E-state index in [1.165, 1.54) is 88.9 Å². The number of ether oxygens (including phenoxy) is 2. The summed E-state index contributed by atoms with van der Waals surface area (Å²) in [5.41, 5.74) is 11.6. The first kappa shape index (κ1) is 102. The van der Waals surface area contributed by atoms with Gasteiger partial charge in [0.25, 0.3) is 27.8 Å². The van der Waals surface area contributed by atoms with Crippen LogP contribution in [0.2, 0.25) is 15.3 Å². The van der Waals surface area contributed by atoms with E-state index in [2.05, 4.69) is 98.9 Å². The minimum Gasteiger partial charge on any atom is -0.494 e. The summed E-state index contributed by atoms with van der Waals surface area (Å²) in [6.07, 6.45) is 5.20. The SMILES string of the molecule is COc1cc(Cl)nn(-c2ccccc2)c1=O.COc1cnn(-c2ccc(C)cc2)c(=O)c1SCc1ccccc1.Cc1ccc(-n2nc(C#N)c(-c3ccccc3)c(C#N)c2=O)cc1.O=c1c(SCc2ccc(Cl)cc2)c(SCc2ccccc2)cnn1-c1ccccc1.O=c1c(SCc2ccccc2)c(SCc2ccccc2)cnn1-c1ccc(Br)cc1.O=c1ccc(Cl)nn1-c1ccc(Br)cc1. The van der Waals surface area contributed by atoms with Gasteiger partial charge in [0.1, 0.15) is 27.8 Å². The molecular weight excluding hydrogens is 2040 g/mol. The molecule has 694 valence electrons. The molecule has 0 spiro atoms. The van der Waals surface area contributed by atoms with Crippen molar-refractivity contribution >= 4 is 125 Å². The number of hydrogen-bond acceptors (Lipinski definition) is 21. The molecular formula is C107H83Br2Cl3N14O8S5. The van der Waals surface area contributed by atoms with E-state index in [9.17, 15) is 39.3 Å². The molecule has 6 heterocycles. The normalized spacial score (nSPS) is 10.5. The number of hydrogen-bond donors (Lipinski definition) is 0. The average Bonchev–Trinajstić information content (AvgIpc) is 0.775. The van der Waals surface area contributed by atoms with Crippen LogP contribution in [-0.4, -0.2) is 72.9 Å². The number of thioether (sulfide) groups is 5. The fourth-order valence-corrected chi connectivity index (χ4v) is 19.2. The maximum absolute atomic E-state index is 13.4. The first-order valence-corrected chi connectivity index (χ1v) is 50.1. The topological polar surface area (TPSA) is 275 Å². The fraction of sp³-hybridized carbons (Fsp3) is 0.0841. The van der Waals surface area contributed by atoms with Gasteiger partial charge in [0.2, 0.25) is 0 Å². The molecule has 0 unspecified atom stereocenters. The number of aromatic nitrogens is 12. The third-order valence-corrected chi connectivity index (χ3v) is 27.7. The Bertz CT molecular complexity index is 7650. The lowest BCUT2D eigenvalue weighted by Crippen LogP contribution is -2.26. The van der Waals surface area contributed by atoms with Gasteiger partial charge < -0.3 is 9.47 Å². The average molecular weight is 2120 g/mol. The number of nitrogens with zero attached hydrogens (tertiary/aromatic N) is 14. The van der Waals surface area contributed by atoms with Crippen molar-refractivity contribution in [1.82, 2.24) is 58.7 Å². The third kappa shape index (κ3) is 28.9. The van der Waals surface area contributed by atoms with Crippen LogP contribution in [0.3, 0.4) is 0 Å². The van der Waals surface area contributed by atoms with E-state index in [0.29, 0.717) is 54.7 Å². The number of halogens is 5. The second-order valence-electron chi connectivity index (χ2n) is 29.7. The molecule has 0 aliphatic rings. The summed E-state index contributed by atoms with van der Waals surface area (Å²) in [4.78, 5) is 79.4. The molecule has 0 aliphatic heterocycles. The molecule has 0 aliphatic carbocycles. The minimum atomic E-state index is -0.542. The van der Waals surface area contributed by atoms with Crippen LogP contribution in [0.4, 0.5) is 0 Å². The molecule has 0 radical (unpaired) electrons. The van der Waals surface area contributed by atoms with Gasteiger partial charge in [-0.1, -0.05) is 302 Å². The predicted molar refractivity (Wildman–Crippen MR) is 567 cm³/mol. The van der Waals surface area contributed by atoms with Crippen molar-refractivity contribution in [2.24, 2.45) is 0 Å².